The van der Waals surface area contributed by atoms with E-state index < -0.39 is 5.97 Å². The van der Waals surface area contributed by atoms with Crippen molar-refractivity contribution in [2.24, 2.45) is 0 Å². The number of aromatic carboxylic acids is 1. The van der Waals surface area contributed by atoms with Gasteiger partial charge < -0.3 is 9.84 Å². The largest absolute Gasteiger partial charge is 0.478 e. The molecule has 0 saturated carbocycles. The molecule has 1 heterocycles. The number of hydrogen-bond donors (Lipinski definition) is 1. The molecule has 110 valence electrons. The normalized spacial score (nSPS) is 10.4. The van der Waals surface area contributed by atoms with Crippen LogP contribution in [0.15, 0.2) is 67.0 Å². The van der Waals surface area contributed by atoms with Gasteiger partial charge in [-0.25, -0.2) is 4.79 Å². The van der Waals surface area contributed by atoms with Crippen molar-refractivity contribution in [3.8, 4) is 11.5 Å². The average molecular weight is 294 g/mol. The van der Waals surface area contributed by atoms with Gasteiger partial charge in [0.2, 0.25) is 0 Å². The molecule has 0 radical (unpaired) electrons. The van der Waals surface area contributed by atoms with Gasteiger partial charge in [-0.2, -0.15) is 5.10 Å². The molecular formula is C17H14N2O3. The van der Waals surface area contributed by atoms with E-state index in [0.29, 0.717) is 6.54 Å². The number of para-hydroxylation sites is 1. The quantitative estimate of drug-likeness (QED) is 0.783. The molecule has 22 heavy (non-hydrogen) atoms. The number of aromatic nitrogens is 2. The molecule has 1 N–H and O–H groups in total. The lowest BCUT2D eigenvalue weighted by Gasteiger charge is -2.07. The van der Waals surface area contributed by atoms with Crippen LogP contribution in [0.2, 0.25) is 0 Å². The highest BCUT2D eigenvalue weighted by molar-refractivity contribution is 5.86. The maximum atomic E-state index is 10.8. The standard InChI is InChI=1S/C17H14N2O3/c20-17(21)14-10-18-19(12-14)11-13-6-8-16(9-7-13)22-15-4-2-1-3-5-15/h1-10,12H,11H2,(H,20,21). The Morgan fingerprint density at radius 3 is 2.36 bits per heavy atom. The van der Waals surface area contributed by atoms with Crippen LogP contribution < -0.4 is 4.74 Å². The Bertz CT molecular complexity index is 764. The number of carbonyl (C=O) groups is 1. The third kappa shape index (κ3) is 3.32. The van der Waals surface area contributed by atoms with Crippen LogP contribution in [0.1, 0.15) is 15.9 Å². The first-order chi connectivity index (χ1) is 10.7. The third-order valence-electron chi connectivity index (χ3n) is 3.13. The van der Waals surface area contributed by atoms with E-state index in [2.05, 4.69) is 5.10 Å². The predicted octanol–water partition coefficient (Wildman–Crippen LogP) is 3.42. The summed E-state index contributed by atoms with van der Waals surface area (Å²) < 4.78 is 7.31. The van der Waals surface area contributed by atoms with Crippen molar-refractivity contribution in [1.29, 1.82) is 0 Å². The molecule has 0 fully saturated rings. The van der Waals surface area contributed by atoms with Gasteiger partial charge in [-0.1, -0.05) is 30.3 Å². The minimum Gasteiger partial charge on any atom is -0.478 e. The molecule has 0 atom stereocenters. The topological polar surface area (TPSA) is 64.3 Å². The monoisotopic (exact) mass is 294 g/mol. The summed E-state index contributed by atoms with van der Waals surface area (Å²) in [5, 5.41) is 12.9. The summed E-state index contributed by atoms with van der Waals surface area (Å²) in [6, 6.07) is 17.2. The zero-order valence-electron chi connectivity index (χ0n) is 11.7. The Balaban J connectivity index is 1.67. The van der Waals surface area contributed by atoms with Crippen LogP contribution >= 0.6 is 0 Å². The second kappa shape index (κ2) is 6.13. The van der Waals surface area contributed by atoms with E-state index in [1.807, 2.05) is 54.6 Å². The fourth-order valence-electron chi connectivity index (χ4n) is 2.04. The Morgan fingerprint density at radius 1 is 1.05 bits per heavy atom. The maximum Gasteiger partial charge on any atom is 0.338 e. The van der Waals surface area contributed by atoms with Gasteiger partial charge in [-0.3, -0.25) is 4.68 Å². The fraction of sp³-hybridized carbons (Fsp3) is 0.0588. The van der Waals surface area contributed by atoms with Crippen molar-refractivity contribution in [1.82, 2.24) is 9.78 Å². The summed E-state index contributed by atoms with van der Waals surface area (Å²) in [5.74, 6) is 0.563. The van der Waals surface area contributed by atoms with Crippen molar-refractivity contribution in [2.75, 3.05) is 0 Å². The van der Waals surface area contributed by atoms with E-state index >= 15 is 0 Å². The molecule has 0 spiro atoms. The van der Waals surface area contributed by atoms with Gasteiger partial charge in [0.1, 0.15) is 11.5 Å². The maximum absolute atomic E-state index is 10.8. The lowest BCUT2D eigenvalue weighted by Crippen LogP contribution is -2.00. The van der Waals surface area contributed by atoms with Gasteiger partial charge in [0.25, 0.3) is 0 Å². The zero-order valence-corrected chi connectivity index (χ0v) is 11.7. The Morgan fingerprint density at radius 2 is 1.73 bits per heavy atom. The molecule has 5 heteroatoms. The SMILES string of the molecule is O=C(O)c1cnn(Cc2ccc(Oc3ccccc3)cc2)c1. The molecule has 3 rings (SSSR count). The minimum atomic E-state index is -0.974. The summed E-state index contributed by atoms with van der Waals surface area (Å²) in [6.07, 6.45) is 2.85. The molecule has 5 nitrogen and oxygen atoms in total. The average Bonchev–Trinajstić information content (AvgIpc) is 2.99. The highest BCUT2D eigenvalue weighted by Crippen LogP contribution is 2.21. The molecule has 1 aromatic heterocycles. The van der Waals surface area contributed by atoms with E-state index in [4.69, 9.17) is 9.84 Å². The van der Waals surface area contributed by atoms with Crippen molar-refractivity contribution < 1.29 is 14.6 Å². The highest BCUT2D eigenvalue weighted by atomic mass is 16.5. The molecular weight excluding hydrogens is 280 g/mol. The lowest BCUT2D eigenvalue weighted by molar-refractivity contribution is 0.0697. The number of ether oxygens (including phenoxy) is 1. The smallest absolute Gasteiger partial charge is 0.338 e. The summed E-state index contributed by atoms with van der Waals surface area (Å²) in [6.45, 7) is 0.513. The van der Waals surface area contributed by atoms with Crippen LogP contribution in [0.5, 0.6) is 11.5 Å². The van der Waals surface area contributed by atoms with E-state index in [1.165, 1.54) is 12.4 Å². The Kier molecular flexibility index (Phi) is 3.87. The van der Waals surface area contributed by atoms with Gasteiger partial charge in [-0.05, 0) is 29.8 Å². The van der Waals surface area contributed by atoms with E-state index in [0.717, 1.165) is 17.1 Å². The molecule has 0 unspecified atom stereocenters. The predicted molar refractivity (Wildman–Crippen MR) is 81.2 cm³/mol. The molecule has 3 aromatic rings. The summed E-state index contributed by atoms with van der Waals surface area (Å²) in [7, 11) is 0. The Labute approximate surface area is 127 Å². The minimum absolute atomic E-state index is 0.184. The van der Waals surface area contributed by atoms with Gasteiger partial charge in [0.15, 0.2) is 0 Å². The van der Waals surface area contributed by atoms with Crippen molar-refractivity contribution >= 4 is 5.97 Å². The number of benzene rings is 2. The van der Waals surface area contributed by atoms with E-state index in [1.54, 1.807) is 4.68 Å². The van der Waals surface area contributed by atoms with Crippen molar-refractivity contribution in [2.45, 2.75) is 6.54 Å². The van der Waals surface area contributed by atoms with Crippen LogP contribution in [0.4, 0.5) is 0 Å². The van der Waals surface area contributed by atoms with Crippen molar-refractivity contribution in [3.05, 3.63) is 78.1 Å². The summed E-state index contributed by atoms with van der Waals surface area (Å²) in [5.41, 5.74) is 1.20. The number of carboxylic acid groups (broad SMARTS) is 1. The van der Waals surface area contributed by atoms with E-state index in [-0.39, 0.29) is 5.56 Å². The molecule has 0 aliphatic rings. The lowest BCUT2D eigenvalue weighted by atomic mass is 10.2. The first-order valence-corrected chi connectivity index (χ1v) is 6.78. The first-order valence-electron chi connectivity index (χ1n) is 6.78. The summed E-state index contributed by atoms with van der Waals surface area (Å²) >= 11 is 0. The number of nitrogens with zero attached hydrogens (tertiary/aromatic N) is 2. The molecule has 0 amide bonds. The molecule has 0 aliphatic heterocycles. The number of carboxylic acids is 1. The third-order valence-corrected chi connectivity index (χ3v) is 3.13. The molecule has 0 aliphatic carbocycles. The second-order valence-electron chi connectivity index (χ2n) is 4.79. The van der Waals surface area contributed by atoms with Crippen LogP contribution in [0, 0.1) is 0 Å². The zero-order chi connectivity index (χ0) is 15.4. The van der Waals surface area contributed by atoms with Crippen LogP contribution in [0.25, 0.3) is 0 Å². The van der Waals surface area contributed by atoms with Crippen molar-refractivity contribution in [3.63, 3.8) is 0 Å². The van der Waals surface area contributed by atoms with Crippen LogP contribution in [-0.2, 0) is 6.54 Å². The number of rotatable bonds is 5. The molecule has 0 bridgehead atoms. The van der Waals surface area contributed by atoms with E-state index in [9.17, 15) is 4.79 Å². The first kappa shape index (κ1) is 13.9. The molecule has 2 aromatic carbocycles. The second-order valence-corrected chi connectivity index (χ2v) is 4.79. The van der Waals surface area contributed by atoms with Gasteiger partial charge in [0, 0.05) is 6.20 Å². The van der Waals surface area contributed by atoms with Crippen LogP contribution in [0.3, 0.4) is 0 Å². The highest BCUT2D eigenvalue weighted by Gasteiger charge is 2.06. The fourth-order valence-corrected chi connectivity index (χ4v) is 2.04. The van der Waals surface area contributed by atoms with Gasteiger partial charge in [0.05, 0.1) is 18.3 Å². The van der Waals surface area contributed by atoms with Crippen LogP contribution in [-0.4, -0.2) is 20.9 Å². The Hall–Kier alpha value is -3.08. The number of hydrogen-bond acceptors (Lipinski definition) is 3. The molecule has 0 saturated heterocycles. The summed E-state index contributed by atoms with van der Waals surface area (Å²) in [4.78, 5) is 10.8. The van der Waals surface area contributed by atoms with Gasteiger partial charge >= 0.3 is 5.97 Å². The van der Waals surface area contributed by atoms with Gasteiger partial charge in [-0.15, -0.1) is 0 Å².